The maximum absolute atomic E-state index is 12.7. The molecule has 138 valence electrons. The molecule has 1 unspecified atom stereocenters. The summed E-state index contributed by atoms with van der Waals surface area (Å²) in [5.74, 6) is -3.36. The minimum atomic E-state index is -5.00. The Hall–Kier alpha value is -2.62. The Labute approximate surface area is 142 Å². The standard InChI is InChI=1S/C16H10F6N2O2/c17-15(18,19)13-6-5-11(8-23-13)9-1-3-10(4-2-9)12-7-14(25,26-24-12)16(20,21)22/h1-6,8,25H,7H2. The van der Waals surface area contributed by atoms with E-state index in [-0.39, 0.29) is 11.3 Å². The van der Waals surface area contributed by atoms with Crippen molar-refractivity contribution in [2.24, 2.45) is 5.16 Å². The fourth-order valence-electron chi connectivity index (χ4n) is 2.32. The van der Waals surface area contributed by atoms with Crippen LogP contribution in [0.25, 0.3) is 11.1 Å². The summed E-state index contributed by atoms with van der Waals surface area (Å²) in [7, 11) is 0. The van der Waals surface area contributed by atoms with Crippen LogP contribution in [0, 0.1) is 0 Å². The van der Waals surface area contributed by atoms with Gasteiger partial charge in [-0.05, 0) is 17.2 Å². The molecule has 3 rings (SSSR count). The lowest BCUT2D eigenvalue weighted by atomic mass is 9.99. The summed E-state index contributed by atoms with van der Waals surface area (Å²) in [5.41, 5.74) is 0.0824. The van der Waals surface area contributed by atoms with Gasteiger partial charge in [-0.25, -0.2) is 0 Å². The topological polar surface area (TPSA) is 54.7 Å². The summed E-state index contributed by atoms with van der Waals surface area (Å²) in [5, 5.41) is 12.7. The van der Waals surface area contributed by atoms with E-state index in [1.165, 1.54) is 30.3 Å². The van der Waals surface area contributed by atoms with Crippen LogP contribution >= 0.6 is 0 Å². The number of nitrogens with zero attached hydrogens (tertiary/aromatic N) is 2. The zero-order valence-electron chi connectivity index (χ0n) is 12.8. The Morgan fingerprint density at radius 1 is 0.885 bits per heavy atom. The molecule has 0 fully saturated rings. The molecule has 2 aromatic rings. The van der Waals surface area contributed by atoms with E-state index in [4.69, 9.17) is 0 Å². The summed E-state index contributed by atoms with van der Waals surface area (Å²) < 4.78 is 75.6. The van der Waals surface area contributed by atoms with Gasteiger partial charge in [0.25, 0.3) is 0 Å². The van der Waals surface area contributed by atoms with Gasteiger partial charge >= 0.3 is 18.1 Å². The molecule has 4 nitrogen and oxygen atoms in total. The largest absolute Gasteiger partial charge is 0.458 e. The smallest absolute Gasteiger partial charge is 0.350 e. The van der Waals surface area contributed by atoms with Gasteiger partial charge in [0.15, 0.2) is 0 Å². The maximum Gasteiger partial charge on any atom is 0.458 e. The molecule has 1 aromatic carbocycles. The number of oxime groups is 1. The second kappa shape index (κ2) is 5.97. The molecule has 1 atom stereocenters. The number of hydrogen-bond donors (Lipinski definition) is 1. The third kappa shape index (κ3) is 3.36. The molecule has 0 aliphatic carbocycles. The summed E-state index contributed by atoms with van der Waals surface area (Å²) >= 11 is 0. The Bertz CT molecular complexity index is 828. The molecule has 2 heterocycles. The molecule has 1 aliphatic heterocycles. The number of rotatable bonds is 2. The number of aliphatic hydroxyl groups is 1. The number of alkyl halides is 6. The lowest BCUT2D eigenvalue weighted by molar-refractivity contribution is -0.355. The minimum Gasteiger partial charge on any atom is -0.350 e. The van der Waals surface area contributed by atoms with Gasteiger partial charge in [-0.2, -0.15) is 26.3 Å². The molecule has 0 amide bonds. The maximum atomic E-state index is 12.7. The van der Waals surface area contributed by atoms with Crippen LogP contribution in [0.1, 0.15) is 17.7 Å². The highest BCUT2D eigenvalue weighted by Gasteiger charge is 2.60. The highest BCUT2D eigenvalue weighted by atomic mass is 19.4. The average molecular weight is 376 g/mol. The van der Waals surface area contributed by atoms with Gasteiger partial charge in [-0.15, -0.1) is 0 Å². The average Bonchev–Trinajstić information content (AvgIpc) is 2.98. The van der Waals surface area contributed by atoms with E-state index in [0.29, 0.717) is 11.1 Å². The van der Waals surface area contributed by atoms with Crippen molar-refractivity contribution in [2.75, 3.05) is 0 Å². The van der Waals surface area contributed by atoms with Gasteiger partial charge in [0.05, 0.1) is 12.1 Å². The van der Waals surface area contributed by atoms with E-state index < -0.39 is 30.3 Å². The first-order valence-corrected chi connectivity index (χ1v) is 7.18. The van der Waals surface area contributed by atoms with Crippen LogP contribution in [0.3, 0.4) is 0 Å². The molecule has 1 N–H and O–H groups in total. The third-order valence-electron chi connectivity index (χ3n) is 3.76. The molecule has 0 bridgehead atoms. The van der Waals surface area contributed by atoms with Crippen LogP contribution in [0.2, 0.25) is 0 Å². The van der Waals surface area contributed by atoms with Crippen LogP contribution in [-0.4, -0.2) is 27.8 Å². The fraction of sp³-hybridized carbons (Fsp3) is 0.250. The van der Waals surface area contributed by atoms with E-state index >= 15 is 0 Å². The quantitative estimate of drug-likeness (QED) is 0.802. The Morgan fingerprint density at radius 2 is 1.46 bits per heavy atom. The summed E-state index contributed by atoms with van der Waals surface area (Å²) in [6, 6.07) is 7.92. The molecule has 0 saturated heterocycles. The molecule has 0 radical (unpaired) electrons. The second-order valence-corrected chi connectivity index (χ2v) is 5.60. The molecule has 10 heteroatoms. The van der Waals surface area contributed by atoms with Crippen molar-refractivity contribution in [2.45, 2.75) is 24.6 Å². The van der Waals surface area contributed by atoms with Gasteiger partial charge in [0.1, 0.15) is 5.69 Å². The molecular formula is C16H10F6N2O2. The number of benzene rings is 1. The first-order valence-electron chi connectivity index (χ1n) is 7.18. The van der Waals surface area contributed by atoms with Crippen LogP contribution in [0.15, 0.2) is 47.8 Å². The highest BCUT2D eigenvalue weighted by Crippen LogP contribution is 2.39. The predicted molar refractivity (Wildman–Crippen MR) is 77.9 cm³/mol. The van der Waals surface area contributed by atoms with Crippen molar-refractivity contribution in [3.8, 4) is 11.1 Å². The first-order chi connectivity index (χ1) is 12.0. The third-order valence-corrected chi connectivity index (χ3v) is 3.76. The van der Waals surface area contributed by atoms with Crippen molar-refractivity contribution in [1.29, 1.82) is 0 Å². The Balaban J connectivity index is 1.78. The van der Waals surface area contributed by atoms with E-state index in [1.54, 1.807) is 0 Å². The van der Waals surface area contributed by atoms with Gasteiger partial charge < -0.3 is 9.94 Å². The lowest BCUT2D eigenvalue weighted by Crippen LogP contribution is -2.45. The molecule has 26 heavy (non-hydrogen) atoms. The van der Waals surface area contributed by atoms with E-state index in [0.717, 1.165) is 12.3 Å². The SMILES string of the molecule is OC1(C(F)(F)F)CC(c2ccc(-c3ccc(C(F)(F)F)nc3)cc2)=NO1. The molecule has 1 aliphatic rings. The number of hydrogen-bond acceptors (Lipinski definition) is 4. The Morgan fingerprint density at radius 3 is 1.92 bits per heavy atom. The lowest BCUT2D eigenvalue weighted by Gasteiger charge is -2.22. The zero-order chi connectivity index (χ0) is 19.2. The van der Waals surface area contributed by atoms with E-state index in [2.05, 4.69) is 15.0 Å². The normalized spacial score (nSPS) is 20.7. The predicted octanol–water partition coefficient (Wildman–Crippen LogP) is 4.14. The van der Waals surface area contributed by atoms with E-state index in [9.17, 15) is 31.4 Å². The molecule has 0 spiro atoms. The van der Waals surface area contributed by atoms with E-state index in [1.807, 2.05) is 0 Å². The van der Waals surface area contributed by atoms with Crippen molar-refractivity contribution in [3.05, 3.63) is 53.9 Å². The van der Waals surface area contributed by atoms with Crippen LogP contribution in [0.4, 0.5) is 26.3 Å². The van der Waals surface area contributed by atoms with Gasteiger partial charge in [0.2, 0.25) is 0 Å². The van der Waals surface area contributed by atoms with Gasteiger partial charge in [-0.3, -0.25) is 4.98 Å². The van der Waals surface area contributed by atoms with Crippen LogP contribution in [0.5, 0.6) is 0 Å². The van der Waals surface area contributed by atoms with Crippen molar-refractivity contribution in [1.82, 2.24) is 4.98 Å². The van der Waals surface area contributed by atoms with Crippen LogP contribution < -0.4 is 0 Å². The van der Waals surface area contributed by atoms with Crippen molar-refractivity contribution < 1.29 is 36.3 Å². The number of aromatic nitrogens is 1. The van der Waals surface area contributed by atoms with Crippen molar-refractivity contribution in [3.63, 3.8) is 0 Å². The minimum absolute atomic E-state index is 0.0954. The molecular weight excluding hydrogens is 366 g/mol. The fourth-order valence-corrected chi connectivity index (χ4v) is 2.32. The van der Waals surface area contributed by atoms with Gasteiger partial charge in [0, 0.05) is 11.8 Å². The molecule has 1 aromatic heterocycles. The first kappa shape index (κ1) is 18.2. The zero-order valence-corrected chi connectivity index (χ0v) is 12.8. The summed E-state index contributed by atoms with van der Waals surface area (Å²) in [4.78, 5) is 7.48. The van der Waals surface area contributed by atoms with Crippen LogP contribution in [-0.2, 0) is 11.0 Å². The number of pyridine rings is 1. The van der Waals surface area contributed by atoms with Crippen molar-refractivity contribution >= 4 is 5.71 Å². The second-order valence-electron chi connectivity index (χ2n) is 5.60. The van der Waals surface area contributed by atoms with Gasteiger partial charge in [-0.1, -0.05) is 35.5 Å². The Kier molecular flexibility index (Phi) is 4.18. The highest BCUT2D eigenvalue weighted by molar-refractivity contribution is 6.01. The molecule has 0 saturated carbocycles. The number of halogens is 6. The monoisotopic (exact) mass is 376 g/mol. The summed E-state index contributed by atoms with van der Waals surface area (Å²) in [6.07, 6.45) is -9.35. The summed E-state index contributed by atoms with van der Waals surface area (Å²) in [6.45, 7) is 0.